The lowest BCUT2D eigenvalue weighted by Crippen LogP contribution is -2.26. The number of hydrogen-bond acceptors (Lipinski definition) is 3. The molecule has 2 rings (SSSR count). The molecule has 1 aromatic rings. The Kier molecular flexibility index (Phi) is 3.35. The maximum Gasteiger partial charge on any atom is 0.296 e. The number of rotatable bonds is 2. The van der Waals surface area contributed by atoms with E-state index >= 15 is 0 Å². The Balaban J connectivity index is 2.53. The molecule has 0 radical (unpaired) electrons. The van der Waals surface area contributed by atoms with Crippen LogP contribution in [0.3, 0.4) is 0 Å². The zero-order valence-corrected chi connectivity index (χ0v) is 11.1. The second-order valence-corrected chi connectivity index (χ2v) is 5.91. The average Bonchev–Trinajstić information content (AvgIpc) is 2.69. The number of nitrogens with zero attached hydrogens (tertiary/aromatic N) is 1. The van der Waals surface area contributed by atoms with Crippen molar-refractivity contribution in [2.75, 3.05) is 11.4 Å². The maximum atomic E-state index is 11.9. The third-order valence-electron chi connectivity index (χ3n) is 3.04. The summed E-state index contributed by atoms with van der Waals surface area (Å²) >= 11 is 0. The first-order chi connectivity index (χ1) is 8.82. The van der Waals surface area contributed by atoms with E-state index in [2.05, 4.69) is 5.92 Å². The van der Waals surface area contributed by atoms with Gasteiger partial charge in [-0.2, -0.15) is 8.42 Å². The van der Waals surface area contributed by atoms with Crippen molar-refractivity contribution in [2.45, 2.75) is 18.2 Å². The number of carbonyl (C=O) groups excluding carboxylic acids is 1. The quantitative estimate of drug-likeness (QED) is 0.652. The molecule has 1 unspecified atom stereocenters. The molecule has 1 fully saturated rings. The van der Waals surface area contributed by atoms with Gasteiger partial charge in [-0.3, -0.25) is 9.35 Å². The Morgan fingerprint density at radius 3 is 2.68 bits per heavy atom. The molecule has 6 heteroatoms. The summed E-state index contributed by atoms with van der Waals surface area (Å²) in [5, 5.41) is 0. The van der Waals surface area contributed by atoms with Gasteiger partial charge in [-0.1, -0.05) is 6.07 Å². The van der Waals surface area contributed by atoms with Crippen LogP contribution >= 0.6 is 0 Å². The van der Waals surface area contributed by atoms with Crippen LogP contribution in [-0.2, 0) is 14.9 Å². The zero-order chi connectivity index (χ0) is 14.2. The van der Waals surface area contributed by atoms with Crippen molar-refractivity contribution in [2.24, 2.45) is 5.92 Å². The molecule has 100 valence electrons. The highest BCUT2D eigenvalue weighted by Gasteiger charge is 2.32. The van der Waals surface area contributed by atoms with E-state index in [1.807, 2.05) is 0 Å². The van der Waals surface area contributed by atoms with Gasteiger partial charge in [0.1, 0.15) is 4.90 Å². The Hall–Kier alpha value is -1.84. The summed E-state index contributed by atoms with van der Waals surface area (Å²) < 4.78 is 32.1. The van der Waals surface area contributed by atoms with E-state index in [9.17, 15) is 17.8 Å². The molecule has 1 heterocycles. The highest BCUT2D eigenvalue weighted by molar-refractivity contribution is 7.86. The number of carbonyl (C=O) groups is 1. The van der Waals surface area contributed by atoms with Crippen LogP contribution in [0.5, 0.6) is 0 Å². The van der Waals surface area contributed by atoms with Crippen LogP contribution in [0, 0.1) is 25.2 Å². The Morgan fingerprint density at radius 2 is 2.16 bits per heavy atom. The fourth-order valence-corrected chi connectivity index (χ4v) is 2.88. The smallest absolute Gasteiger partial charge is 0.296 e. The minimum absolute atomic E-state index is 0.177. The van der Waals surface area contributed by atoms with Gasteiger partial charge < -0.3 is 4.90 Å². The second-order valence-electron chi connectivity index (χ2n) is 4.52. The van der Waals surface area contributed by atoms with E-state index in [-0.39, 0.29) is 35.4 Å². The Labute approximate surface area is 112 Å². The lowest BCUT2D eigenvalue weighted by atomic mass is 10.1. The first kappa shape index (κ1) is 13.6. The van der Waals surface area contributed by atoms with E-state index in [1.54, 1.807) is 13.0 Å². The molecule has 5 nitrogen and oxygen atoms in total. The van der Waals surface area contributed by atoms with Crippen molar-refractivity contribution in [3.63, 3.8) is 0 Å². The molecule has 1 aromatic carbocycles. The minimum Gasteiger partial charge on any atom is -0.310 e. The summed E-state index contributed by atoms with van der Waals surface area (Å²) in [5.74, 6) is 2.02. The number of hydrogen-bond donors (Lipinski definition) is 1. The van der Waals surface area contributed by atoms with Gasteiger partial charge in [0.05, 0.1) is 5.69 Å². The molecule has 1 saturated heterocycles. The van der Waals surface area contributed by atoms with E-state index in [1.165, 1.54) is 17.0 Å². The monoisotopic (exact) mass is 279 g/mol. The first-order valence-corrected chi connectivity index (χ1v) is 7.11. The van der Waals surface area contributed by atoms with Gasteiger partial charge in [-0.25, -0.2) is 0 Å². The largest absolute Gasteiger partial charge is 0.310 e. The fourth-order valence-electron chi connectivity index (χ4n) is 2.10. The van der Waals surface area contributed by atoms with Crippen molar-refractivity contribution in [3.05, 3.63) is 23.8 Å². The van der Waals surface area contributed by atoms with Gasteiger partial charge in [0, 0.05) is 18.9 Å². The van der Waals surface area contributed by atoms with Crippen molar-refractivity contribution in [1.82, 2.24) is 0 Å². The molecule has 0 aliphatic carbocycles. The van der Waals surface area contributed by atoms with E-state index in [0.717, 1.165) is 0 Å². The van der Waals surface area contributed by atoms with Crippen LogP contribution in [0.25, 0.3) is 0 Å². The third-order valence-corrected chi connectivity index (χ3v) is 3.93. The highest BCUT2D eigenvalue weighted by Crippen LogP contribution is 2.31. The highest BCUT2D eigenvalue weighted by atomic mass is 32.2. The third kappa shape index (κ3) is 2.62. The predicted octanol–water partition coefficient (Wildman–Crippen LogP) is 1.23. The molecule has 0 bridgehead atoms. The molecule has 0 aromatic heterocycles. The molecule has 0 saturated carbocycles. The SMILES string of the molecule is C#CC1CC(=O)N(c2ccc(C)cc2S(=O)(=O)O)C1. The molecule has 1 amide bonds. The van der Waals surface area contributed by atoms with Crippen LogP contribution in [0.2, 0.25) is 0 Å². The summed E-state index contributed by atoms with van der Waals surface area (Å²) in [6, 6.07) is 4.52. The summed E-state index contributed by atoms with van der Waals surface area (Å²) in [5.41, 5.74) is 0.854. The predicted molar refractivity (Wildman–Crippen MR) is 70.3 cm³/mol. The lowest BCUT2D eigenvalue weighted by molar-refractivity contribution is -0.117. The molecule has 19 heavy (non-hydrogen) atoms. The summed E-state index contributed by atoms with van der Waals surface area (Å²) in [6.07, 6.45) is 5.48. The number of aryl methyl sites for hydroxylation is 1. The summed E-state index contributed by atoms with van der Waals surface area (Å²) in [4.78, 5) is 12.9. The average molecular weight is 279 g/mol. The molecule has 1 aliphatic rings. The van der Waals surface area contributed by atoms with Gasteiger partial charge in [-0.05, 0) is 24.6 Å². The molecule has 0 spiro atoms. The lowest BCUT2D eigenvalue weighted by Gasteiger charge is -2.19. The Morgan fingerprint density at radius 1 is 1.47 bits per heavy atom. The van der Waals surface area contributed by atoms with Crippen LogP contribution in [0.1, 0.15) is 12.0 Å². The van der Waals surface area contributed by atoms with Crippen LogP contribution in [-0.4, -0.2) is 25.4 Å². The van der Waals surface area contributed by atoms with E-state index < -0.39 is 10.1 Å². The number of amides is 1. The molecular formula is C13H13NO4S. The molecule has 1 atom stereocenters. The van der Waals surface area contributed by atoms with Crippen molar-refractivity contribution in [3.8, 4) is 12.3 Å². The second kappa shape index (κ2) is 4.68. The normalized spacial score (nSPS) is 19.5. The van der Waals surface area contributed by atoms with Crippen LogP contribution in [0.4, 0.5) is 5.69 Å². The number of anilines is 1. The van der Waals surface area contributed by atoms with E-state index in [4.69, 9.17) is 6.42 Å². The first-order valence-electron chi connectivity index (χ1n) is 5.67. The van der Waals surface area contributed by atoms with Gasteiger partial charge in [0.2, 0.25) is 5.91 Å². The summed E-state index contributed by atoms with van der Waals surface area (Å²) in [6.45, 7) is 1.97. The zero-order valence-electron chi connectivity index (χ0n) is 10.3. The summed E-state index contributed by atoms with van der Waals surface area (Å²) in [7, 11) is -4.39. The van der Waals surface area contributed by atoms with Gasteiger partial charge in [0.25, 0.3) is 10.1 Å². The standard InChI is InChI=1S/C13H13NO4S/c1-3-10-7-13(15)14(8-10)11-5-4-9(2)6-12(11)19(16,17)18/h1,4-6,10H,7-8H2,2H3,(H,16,17,18). The number of benzene rings is 1. The molecule has 1 aliphatic heterocycles. The topological polar surface area (TPSA) is 74.7 Å². The minimum atomic E-state index is -4.39. The van der Waals surface area contributed by atoms with Gasteiger partial charge in [-0.15, -0.1) is 12.3 Å². The molecular weight excluding hydrogens is 266 g/mol. The number of terminal acetylenes is 1. The van der Waals surface area contributed by atoms with E-state index in [0.29, 0.717) is 5.56 Å². The maximum absolute atomic E-state index is 11.9. The van der Waals surface area contributed by atoms with Crippen LogP contribution < -0.4 is 4.90 Å². The van der Waals surface area contributed by atoms with Gasteiger partial charge in [0.15, 0.2) is 0 Å². The van der Waals surface area contributed by atoms with Crippen LogP contribution in [0.15, 0.2) is 23.1 Å². The molecule has 1 N–H and O–H groups in total. The van der Waals surface area contributed by atoms with Crippen molar-refractivity contribution >= 4 is 21.7 Å². The van der Waals surface area contributed by atoms with Crippen molar-refractivity contribution in [1.29, 1.82) is 0 Å². The fraction of sp³-hybridized carbons (Fsp3) is 0.308. The van der Waals surface area contributed by atoms with Gasteiger partial charge >= 0.3 is 0 Å². The van der Waals surface area contributed by atoms with Crippen molar-refractivity contribution < 1.29 is 17.8 Å². The Bertz CT molecular complexity index is 672.